The van der Waals surface area contributed by atoms with Gasteiger partial charge in [0.1, 0.15) is 0 Å². The van der Waals surface area contributed by atoms with Gasteiger partial charge in [0, 0.05) is 13.2 Å². The average molecular weight is 339 g/mol. The summed E-state index contributed by atoms with van der Waals surface area (Å²) in [4.78, 5) is 21.2. The SMILES string of the molecule is CC(C)Oc1cccnc1C(=O)OC(C)c1nc2ccccc2n1C. The van der Waals surface area contributed by atoms with Crippen molar-refractivity contribution >= 4 is 17.0 Å². The number of rotatable bonds is 5. The number of pyridine rings is 1. The first-order chi connectivity index (χ1) is 12.0. The lowest BCUT2D eigenvalue weighted by atomic mass is 10.3. The molecule has 1 aromatic carbocycles. The molecule has 25 heavy (non-hydrogen) atoms. The summed E-state index contributed by atoms with van der Waals surface area (Å²) < 4.78 is 13.2. The van der Waals surface area contributed by atoms with Crippen LogP contribution in [0, 0.1) is 0 Å². The van der Waals surface area contributed by atoms with Crippen molar-refractivity contribution in [3.05, 3.63) is 54.1 Å². The molecule has 0 bridgehead atoms. The van der Waals surface area contributed by atoms with Gasteiger partial charge >= 0.3 is 5.97 Å². The Labute approximate surface area is 146 Å². The predicted molar refractivity (Wildman–Crippen MR) is 94.5 cm³/mol. The number of hydrogen-bond acceptors (Lipinski definition) is 5. The third-order valence-corrected chi connectivity index (χ3v) is 3.80. The molecule has 6 heteroatoms. The average Bonchev–Trinajstić information content (AvgIpc) is 2.92. The number of carbonyl (C=O) groups is 1. The standard InChI is InChI=1S/C19H21N3O3/c1-12(2)24-16-10-7-11-20-17(16)19(23)25-13(3)18-21-14-8-5-6-9-15(14)22(18)4/h5-13H,1-4H3. The number of carbonyl (C=O) groups excluding carboxylic acids is 1. The number of ether oxygens (including phenoxy) is 2. The van der Waals surface area contributed by atoms with Crippen molar-refractivity contribution in [1.82, 2.24) is 14.5 Å². The first-order valence-corrected chi connectivity index (χ1v) is 8.21. The summed E-state index contributed by atoms with van der Waals surface area (Å²) in [5.74, 6) is 0.562. The van der Waals surface area contributed by atoms with Crippen LogP contribution in [-0.4, -0.2) is 26.6 Å². The Kier molecular flexibility index (Phi) is 4.70. The van der Waals surface area contributed by atoms with E-state index >= 15 is 0 Å². The van der Waals surface area contributed by atoms with Crippen LogP contribution < -0.4 is 4.74 Å². The fraction of sp³-hybridized carbons (Fsp3) is 0.316. The molecule has 1 atom stereocenters. The molecule has 6 nitrogen and oxygen atoms in total. The minimum absolute atomic E-state index is 0.0620. The number of aromatic nitrogens is 3. The second-order valence-electron chi connectivity index (χ2n) is 6.08. The molecule has 0 aliphatic carbocycles. The lowest BCUT2D eigenvalue weighted by molar-refractivity contribution is 0.0302. The lowest BCUT2D eigenvalue weighted by Crippen LogP contribution is -2.16. The van der Waals surface area contributed by atoms with Crippen LogP contribution >= 0.6 is 0 Å². The molecule has 1 unspecified atom stereocenters. The molecule has 2 heterocycles. The van der Waals surface area contributed by atoms with Gasteiger partial charge in [-0.1, -0.05) is 12.1 Å². The third kappa shape index (κ3) is 3.47. The van der Waals surface area contributed by atoms with E-state index in [1.165, 1.54) is 0 Å². The Morgan fingerprint density at radius 3 is 2.60 bits per heavy atom. The molecule has 0 radical (unpaired) electrons. The van der Waals surface area contributed by atoms with Crippen molar-refractivity contribution < 1.29 is 14.3 Å². The third-order valence-electron chi connectivity index (χ3n) is 3.80. The highest BCUT2D eigenvalue weighted by Gasteiger charge is 2.22. The van der Waals surface area contributed by atoms with Crippen LogP contribution in [0.1, 0.15) is 43.2 Å². The van der Waals surface area contributed by atoms with Crippen molar-refractivity contribution in [3.8, 4) is 5.75 Å². The monoisotopic (exact) mass is 339 g/mol. The van der Waals surface area contributed by atoms with Crippen molar-refractivity contribution in [2.24, 2.45) is 7.05 Å². The summed E-state index contributed by atoms with van der Waals surface area (Å²) in [5, 5.41) is 0. The van der Waals surface area contributed by atoms with E-state index in [9.17, 15) is 4.79 Å². The molecule has 0 amide bonds. The summed E-state index contributed by atoms with van der Waals surface area (Å²) in [7, 11) is 1.91. The predicted octanol–water partition coefficient (Wildman–Crippen LogP) is 3.67. The van der Waals surface area contributed by atoms with Gasteiger partial charge < -0.3 is 14.0 Å². The van der Waals surface area contributed by atoms with Crippen LogP contribution in [0.5, 0.6) is 5.75 Å². The molecule has 0 aliphatic rings. The molecule has 0 saturated heterocycles. The highest BCUT2D eigenvalue weighted by Crippen LogP contribution is 2.24. The molecule has 3 aromatic rings. The number of esters is 1. The van der Waals surface area contributed by atoms with E-state index in [0.29, 0.717) is 11.6 Å². The zero-order valence-electron chi connectivity index (χ0n) is 14.8. The minimum atomic E-state index is -0.532. The van der Waals surface area contributed by atoms with Crippen molar-refractivity contribution in [1.29, 1.82) is 0 Å². The van der Waals surface area contributed by atoms with Gasteiger partial charge in [-0.05, 0) is 45.0 Å². The van der Waals surface area contributed by atoms with E-state index in [1.54, 1.807) is 25.3 Å². The Morgan fingerprint density at radius 2 is 1.88 bits per heavy atom. The molecule has 3 rings (SSSR count). The van der Waals surface area contributed by atoms with Crippen molar-refractivity contribution in [2.75, 3.05) is 0 Å². The van der Waals surface area contributed by atoms with E-state index in [0.717, 1.165) is 11.0 Å². The largest absolute Gasteiger partial charge is 0.488 e. The Hall–Kier alpha value is -2.89. The quantitative estimate of drug-likeness (QED) is 0.664. The highest BCUT2D eigenvalue weighted by atomic mass is 16.5. The van der Waals surface area contributed by atoms with E-state index in [2.05, 4.69) is 9.97 Å². The minimum Gasteiger partial charge on any atom is -0.488 e. The maximum absolute atomic E-state index is 12.6. The van der Waals surface area contributed by atoms with E-state index in [1.807, 2.05) is 49.7 Å². The number of para-hydroxylation sites is 2. The van der Waals surface area contributed by atoms with Crippen LogP contribution in [0.25, 0.3) is 11.0 Å². The molecular weight excluding hydrogens is 318 g/mol. The first kappa shape index (κ1) is 17.0. The number of fused-ring (bicyclic) bond motifs is 1. The first-order valence-electron chi connectivity index (χ1n) is 8.21. The number of nitrogens with zero attached hydrogens (tertiary/aromatic N) is 3. The molecule has 0 fully saturated rings. The zero-order valence-corrected chi connectivity index (χ0v) is 14.8. The van der Waals surface area contributed by atoms with Gasteiger partial charge in [-0.3, -0.25) is 0 Å². The molecule has 0 N–H and O–H groups in total. The zero-order chi connectivity index (χ0) is 18.0. The molecule has 0 saturated carbocycles. The van der Waals surface area contributed by atoms with Gasteiger partial charge in [0.15, 0.2) is 23.4 Å². The van der Waals surface area contributed by atoms with Gasteiger partial charge in [0.05, 0.1) is 17.1 Å². The van der Waals surface area contributed by atoms with Crippen LogP contribution in [0.15, 0.2) is 42.6 Å². The summed E-state index contributed by atoms with van der Waals surface area (Å²) in [6.45, 7) is 5.58. The molecule has 130 valence electrons. The fourth-order valence-electron chi connectivity index (χ4n) is 2.69. The second-order valence-corrected chi connectivity index (χ2v) is 6.08. The number of aryl methyl sites for hydroxylation is 1. The van der Waals surface area contributed by atoms with Crippen molar-refractivity contribution in [3.63, 3.8) is 0 Å². The summed E-state index contributed by atoms with van der Waals surface area (Å²) >= 11 is 0. The van der Waals surface area contributed by atoms with Crippen molar-refractivity contribution in [2.45, 2.75) is 33.0 Å². The maximum Gasteiger partial charge on any atom is 0.361 e. The Bertz CT molecular complexity index is 902. The van der Waals surface area contributed by atoms with Gasteiger partial charge in [0.25, 0.3) is 0 Å². The molecule has 0 spiro atoms. The number of hydrogen-bond donors (Lipinski definition) is 0. The Balaban J connectivity index is 1.84. The summed E-state index contributed by atoms with van der Waals surface area (Å²) in [6, 6.07) is 11.2. The molecular formula is C19H21N3O3. The molecule has 2 aromatic heterocycles. The lowest BCUT2D eigenvalue weighted by Gasteiger charge is -2.15. The topological polar surface area (TPSA) is 66.2 Å². The van der Waals surface area contributed by atoms with Crippen LogP contribution in [0.2, 0.25) is 0 Å². The van der Waals surface area contributed by atoms with Gasteiger partial charge in [-0.2, -0.15) is 0 Å². The smallest absolute Gasteiger partial charge is 0.361 e. The number of imidazole rings is 1. The van der Waals surface area contributed by atoms with Crippen LogP contribution in [0.4, 0.5) is 0 Å². The second kappa shape index (κ2) is 6.93. The van der Waals surface area contributed by atoms with Gasteiger partial charge in [-0.25, -0.2) is 14.8 Å². The van der Waals surface area contributed by atoms with Crippen LogP contribution in [0.3, 0.4) is 0 Å². The summed E-state index contributed by atoms with van der Waals surface area (Å²) in [5.41, 5.74) is 2.02. The normalized spacial score (nSPS) is 12.4. The highest BCUT2D eigenvalue weighted by molar-refractivity contribution is 5.90. The van der Waals surface area contributed by atoms with Gasteiger partial charge in [-0.15, -0.1) is 0 Å². The van der Waals surface area contributed by atoms with E-state index in [4.69, 9.17) is 9.47 Å². The van der Waals surface area contributed by atoms with Crippen LogP contribution in [-0.2, 0) is 11.8 Å². The van der Waals surface area contributed by atoms with Gasteiger partial charge in [0.2, 0.25) is 0 Å². The van der Waals surface area contributed by atoms with E-state index in [-0.39, 0.29) is 11.8 Å². The van der Waals surface area contributed by atoms with E-state index < -0.39 is 12.1 Å². The number of benzene rings is 1. The fourth-order valence-corrected chi connectivity index (χ4v) is 2.69. The molecule has 0 aliphatic heterocycles. The summed E-state index contributed by atoms with van der Waals surface area (Å²) in [6.07, 6.45) is 0.968. The Morgan fingerprint density at radius 1 is 1.12 bits per heavy atom. The maximum atomic E-state index is 12.6.